The van der Waals surface area contributed by atoms with Crippen molar-refractivity contribution in [2.45, 2.75) is 0 Å². The molecule has 0 aliphatic rings. The van der Waals surface area contributed by atoms with Crippen molar-refractivity contribution in [2.24, 2.45) is 0 Å². The van der Waals surface area contributed by atoms with E-state index >= 15 is 0 Å². The molecular formula is C9H8ClF. The first kappa shape index (κ1) is 8.28. The summed E-state index contributed by atoms with van der Waals surface area (Å²) < 4.78 is 12.9. The van der Waals surface area contributed by atoms with E-state index in [1.54, 1.807) is 18.2 Å². The van der Waals surface area contributed by atoms with Crippen molar-refractivity contribution >= 4 is 17.2 Å². The Hall–Kier alpha value is -0.820. The molecule has 58 valence electrons. The first-order valence-corrected chi connectivity index (χ1v) is 3.78. The van der Waals surface area contributed by atoms with Gasteiger partial charge in [0.2, 0.25) is 0 Å². The summed E-state index contributed by atoms with van der Waals surface area (Å²) in [5.41, 5.74) is 1.12. The van der Waals surface area contributed by atoms with Gasteiger partial charge >= 0.3 is 0 Å². The topological polar surface area (TPSA) is 0 Å². The predicted molar refractivity (Wildman–Crippen MR) is 46.2 cm³/mol. The third-order valence-electron chi connectivity index (χ3n) is 1.42. The first-order chi connectivity index (χ1) is 5.25. The van der Waals surface area contributed by atoms with Gasteiger partial charge in [-0.3, -0.25) is 0 Å². The van der Waals surface area contributed by atoms with Crippen molar-refractivity contribution in [1.82, 2.24) is 0 Å². The normalized spacial score (nSPS) is 9.64. The Morgan fingerprint density at radius 3 is 2.64 bits per heavy atom. The van der Waals surface area contributed by atoms with Crippen LogP contribution in [0.4, 0.5) is 4.39 Å². The second kappa shape index (κ2) is 3.54. The molecule has 1 rings (SSSR count). The number of hydrogen-bond acceptors (Lipinski definition) is 0. The quantitative estimate of drug-likeness (QED) is 0.599. The molecule has 0 spiro atoms. The van der Waals surface area contributed by atoms with E-state index in [1.165, 1.54) is 6.07 Å². The summed E-state index contributed by atoms with van der Waals surface area (Å²) in [5, 5.41) is 0. The summed E-state index contributed by atoms with van der Waals surface area (Å²) in [6, 6.07) is 6.46. The van der Waals surface area contributed by atoms with E-state index in [0.717, 1.165) is 0 Å². The number of rotatable bonds is 2. The summed E-state index contributed by atoms with van der Waals surface area (Å²) in [6.07, 6.45) is 0. The highest BCUT2D eigenvalue weighted by Crippen LogP contribution is 2.16. The summed E-state index contributed by atoms with van der Waals surface area (Å²) in [4.78, 5) is 0. The van der Waals surface area contributed by atoms with Crippen molar-refractivity contribution in [2.75, 3.05) is 5.88 Å². The molecule has 0 amide bonds. The third kappa shape index (κ3) is 1.81. The van der Waals surface area contributed by atoms with Crippen LogP contribution in [0.25, 0.3) is 5.57 Å². The average Bonchev–Trinajstić information content (AvgIpc) is 2.04. The van der Waals surface area contributed by atoms with E-state index < -0.39 is 0 Å². The number of halogens is 2. The van der Waals surface area contributed by atoms with E-state index in [2.05, 4.69) is 6.58 Å². The van der Waals surface area contributed by atoms with E-state index in [4.69, 9.17) is 11.6 Å². The average molecular weight is 171 g/mol. The number of hydrogen-bond donors (Lipinski definition) is 0. The molecule has 0 aliphatic carbocycles. The van der Waals surface area contributed by atoms with Gasteiger partial charge in [-0.1, -0.05) is 24.8 Å². The van der Waals surface area contributed by atoms with Crippen LogP contribution in [-0.4, -0.2) is 5.88 Å². The minimum Gasteiger partial charge on any atom is -0.206 e. The SMILES string of the molecule is C=C(CCl)c1ccccc1F. The van der Waals surface area contributed by atoms with Crippen LogP contribution >= 0.6 is 11.6 Å². The molecule has 1 aromatic carbocycles. The van der Waals surface area contributed by atoms with E-state index in [0.29, 0.717) is 11.1 Å². The van der Waals surface area contributed by atoms with Crippen LogP contribution in [0.1, 0.15) is 5.56 Å². The molecule has 0 radical (unpaired) electrons. The van der Waals surface area contributed by atoms with Crippen molar-refractivity contribution in [3.8, 4) is 0 Å². The number of benzene rings is 1. The van der Waals surface area contributed by atoms with Gasteiger partial charge in [0.1, 0.15) is 5.82 Å². The Morgan fingerprint density at radius 2 is 2.09 bits per heavy atom. The highest BCUT2D eigenvalue weighted by molar-refractivity contribution is 6.23. The van der Waals surface area contributed by atoms with Gasteiger partial charge < -0.3 is 0 Å². The molecule has 0 aliphatic heterocycles. The van der Waals surface area contributed by atoms with Crippen molar-refractivity contribution in [1.29, 1.82) is 0 Å². The summed E-state index contributed by atoms with van der Waals surface area (Å²) >= 11 is 5.49. The second-order valence-electron chi connectivity index (χ2n) is 2.22. The fraction of sp³-hybridized carbons (Fsp3) is 0.111. The zero-order chi connectivity index (χ0) is 8.27. The van der Waals surface area contributed by atoms with Gasteiger partial charge in [0.15, 0.2) is 0 Å². The molecule has 0 fully saturated rings. The lowest BCUT2D eigenvalue weighted by Gasteiger charge is -2.01. The molecule has 1 aromatic rings. The van der Waals surface area contributed by atoms with Gasteiger partial charge in [-0.15, -0.1) is 11.6 Å². The lowest BCUT2D eigenvalue weighted by atomic mass is 10.1. The van der Waals surface area contributed by atoms with Crippen LogP contribution in [0.15, 0.2) is 30.8 Å². The van der Waals surface area contributed by atoms with Crippen molar-refractivity contribution in [3.63, 3.8) is 0 Å². The van der Waals surface area contributed by atoms with Gasteiger partial charge in [-0.05, 0) is 11.6 Å². The molecule has 0 saturated heterocycles. The lowest BCUT2D eigenvalue weighted by Crippen LogP contribution is -1.88. The minimum atomic E-state index is -0.266. The molecule has 0 unspecified atom stereocenters. The van der Waals surface area contributed by atoms with Crippen LogP contribution in [0.3, 0.4) is 0 Å². The summed E-state index contributed by atoms with van der Waals surface area (Å²) in [6.45, 7) is 3.63. The van der Waals surface area contributed by atoms with Crippen LogP contribution < -0.4 is 0 Å². The highest BCUT2D eigenvalue weighted by atomic mass is 35.5. The Bertz CT molecular complexity index is 268. The van der Waals surface area contributed by atoms with Crippen LogP contribution in [0.2, 0.25) is 0 Å². The standard InChI is InChI=1S/C9H8ClF/c1-7(6-10)8-4-2-3-5-9(8)11/h2-5H,1,6H2. The smallest absolute Gasteiger partial charge is 0.130 e. The van der Waals surface area contributed by atoms with Gasteiger partial charge in [-0.2, -0.15) is 0 Å². The van der Waals surface area contributed by atoms with Crippen LogP contribution in [-0.2, 0) is 0 Å². The van der Waals surface area contributed by atoms with E-state index in [-0.39, 0.29) is 11.7 Å². The first-order valence-electron chi connectivity index (χ1n) is 3.24. The monoisotopic (exact) mass is 170 g/mol. The highest BCUT2D eigenvalue weighted by Gasteiger charge is 2.02. The fourth-order valence-corrected chi connectivity index (χ4v) is 0.964. The lowest BCUT2D eigenvalue weighted by molar-refractivity contribution is 0.624. The molecule has 0 heterocycles. The molecule has 0 bridgehead atoms. The maximum atomic E-state index is 12.9. The maximum Gasteiger partial charge on any atom is 0.130 e. The molecule has 0 aromatic heterocycles. The zero-order valence-corrected chi connectivity index (χ0v) is 6.74. The molecule has 0 atom stereocenters. The second-order valence-corrected chi connectivity index (χ2v) is 2.48. The molecule has 11 heavy (non-hydrogen) atoms. The van der Waals surface area contributed by atoms with Crippen LogP contribution in [0, 0.1) is 5.82 Å². The minimum absolute atomic E-state index is 0.265. The predicted octanol–water partition coefficient (Wildman–Crippen LogP) is 3.08. The Balaban J connectivity index is 3.03. The Labute approximate surface area is 70.3 Å². The van der Waals surface area contributed by atoms with Crippen molar-refractivity contribution < 1.29 is 4.39 Å². The summed E-state index contributed by atoms with van der Waals surface area (Å²) in [7, 11) is 0. The molecule has 0 nitrogen and oxygen atoms in total. The largest absolute Gasteiger partial charge is 0.206 e. The van der Waals surface area contributed by atoms with Gasteiger partial charge in [0.05, 0.1) is 0 Å². The van der Waals surface area contributed by atoms with E-state index in [1.807, 2.05) is 0 Å². The Morgan fingerprint density at radius 1 is 1.45 bits per heavy atom. The molecule has 2 heteroatoms. The fourth-order valence-electron chi connectivity index (χ4n) is 0.820. The molecule has 0 saturated carbocycles. The zero-order valence-electron chi connectivity index (χ0n) is 5.98. The number of allylic oxidation sites excluding steroid dienone is 1. The molecule has 0 N–H and O–H groups in total. The van der Waals surface area contributed by atoms with E-state index in [9.17, 15) is 4.39 Å². The number of alkyl halides is 1. The summed E-state index contributed by atoms with van der Waals surface area (Å²) in [5.74, 6) is -0.000787. The Kier molecular flexibility index (Phi) is 2.66. The third-order valence-corrected chi connectivity index (χ3v) is 1.74. The van der Waals surface area contributed by atoms with Crippen molar-refractivity contribution in [3.05, 3.63) is 42.2 Å². The molecular weight excluding hydrogens is 163 g/mol. The van der Waals surface area contributed by atoms with Gasteiger partial charge in [-0.25, -0.2) is 4.39 Å². The van der Waals surface area contributed by atoms with Crippen LogP contribution in [0.5, 0.6) is 0 Å². The maximum absolute atomic E-state index is 12.9. The van der Waals surface area contributed by atoms with Gasteiger partial charge in [0.25, 0.3) is 0 Å². The van der Waals surface area contributed by atoms with Gasteiger partial charge in [0, 0.05) is 11.4 Å².